The molecule has 0 aliphatic rings. The van der Waals surface area contributed by atoms with Gasteiger partial charge in [-0.25, -0.2) is 16.8 Å². The van der Waals surface area contributed by atoms with Crippen molar-refractivity contribution in [3.8, 4) is 5.75 Å². The summed E-state index contributed by atoms with van der Waals surface area (Å²) >= 11 is 0. The molecule has 0 saturated carbocycles. The first-order chi connectivity index (χ1) is 9.18. The predicted octanol–water partition coefficient (Wildman–Crippen LogP) is -0.0598. The van der Waals surface area contributed by atoms with Crippen molar-refractivity contribution < 1.29 is 21.6 Å². The monoisotopic (exact) mass is 322 g/mol. The smallest absolute Gasteiger partial charge is 0.233 e. The van der Waals surface area contributed by atoms with Crippen molar-refractivity contribution in [3.05, 3.63) is 23.8 Å². The van der Waals surface area contributed by atoms with Gasteiger partial charge in [-0.05, 0) is 11.6 Å². The topological polar surface area (TPSA) is 116 Å². The average molecular weight is 322 g/mol. The Morgan fingerprint density at radius 2 is 1.85 bits per heavy atom. The second-order valence-electron chi connectivity index (χ2n) is 4.25. The molecule has 1 rings (SSSR count). The van der Waals surface area contributed by atoms with Crippen molar-refractivity contribution in [2.45, 2.75) is 6.54 Å². The van der Waals surface area contributed by atoms with E-state index in [1.807, 2.05) is 0 Å². The van der Waals surface area contributed by atoms with Crippen molar-refractivity contribution in [1.29, 1.82) is 0 Å². The third-order valence-corrected chi connectivity index (χ3v) is 4.99. The molecule has 0 fully saturated rings. The minimum absolute atomic E-state index is 0.126. The molecule has 0 radical (unpaired) electrons. The normalized spacial score (nSPS) is 12.2. The molecule has 20 heavy (non-hydrogen) atoms. The zero-order valence-electron chi connectivity index (χ0n) is 11.3. The van der Waals surface area contributed by atoms with Crippen molar-refractivity contribution in [2.24, 2.45) is 5.73 Å². The Morgan fingerprint density at radius 3 is 2.35 bits per heavy atom. The molecular formula is C11H18N2O5S2. The Hall–Kier alpha value is -1.32. The number of benzene rings is 1. The van der Waals surface area contributed by atoms with Crippen LogP contribution in [-0.2, 0) is 26.4 Å². The molecule has 7 nitrogen and oxygen atoms in total. The molecule has 0 heterocycles. The maximum Gasteiger partial charge on any atom is 0.233 e. The van der Waals surface area contributed by atoms with Gasteiger partial charge in [0.05, 0.1) is 24.3 Å². The van der Waals surface area contributed by atoms with Gasteiger partial charge in [0.1, 0.15) is 15.6 Å². The summed E-state index contributed by atoms with van der Waals surface area (Å²) in [5, 5.41) is 0. The lowest BCUT2D eigenvalue weighted by atomic mass is 10.1. The Morgan fingerprint density at radius 1 is 1.20 bits per heavy atom. The molecule has 0 aliphatic heterocycles. The third-order valence-electron chi connectivity index (χ3n) is 2.53. The van der Waals surface area contributed by atoms with Crippen LogP contribution in [0.2, 0.25) is 0 Å². The van der Waals surface area contributed by atoms with E-state index in [9.17, 15) is 16.8 Å². The van der Waals surface area contributed by atoms with Crippen LogP contribution in [0.1, 0.15) is 5.56 Å². The van der Waals surface area contributed by atoms with E-state index < -0.39 is 31.4 Å². The van der Waals surface area contributed by atoms with Gasteiger partial charge in [0.2, 0.25) is 10.0 Å². The Labute approximate surface area is 119 Å². The molecule has 1 aromatic carbocycles. The third kappa shape index (κ3) is 4.99. The van der Waals surface area contributed by atoms with Crippen molar-refractivity contribution in [1.82, 2.24) is 0 Å². The summed E-state index contributed by atoms with van der Waals surface area (Å²) in [6.45, 7) is 0.126. The summed E-state index contributed by atoms with van der Waals surface area (Å²) in [5.41, 5.74) is 6.35. The lowest BCUT2D eigenvalue weighted by Gasteiger charge is -2.15. The highest BCUT2D eigenvalue weighted by atomic mass is 32.2. The first-order valence-corrected chi connectivity index (χ1v) is 9.44. The van der Waals surface area contributed by atoms with Gasteiger partial charge in [-0.1, -0.05) is 12.1 Å². The number of ether oxygens (including phenoxy) is 1. The fraction of sp³-hybridized carbons (Fsp3) is 0.455. The van der Waals surface area contributed by atoms with Gasteiger partial charge in [-0.15, -0.1) is 0 Å². The maximum absolute atomic E-state index is 11.9. The first-order valence-electron chi connectivity index (χ1n) is 5.72. The fourth-order valence-electron chi connectivity index (χ4n) is 1.50. The molecule has 9 heteroatoms. The van der Waals surface area contributed by atoms with Gasteiger partial charge in [-0.2, -0.15) is 0 Å². The molecule has 0 atom stereocenters. The summed E-state index contributed by atoms with van der Waals surface area (Å²) in [6, 6.07) is 4.94. The van der Waals surface area contributed by atoms with Crippen LogP contribution in [-0.4, -0.2) is 41.7 Å². The van der Waals surface area contributed by atoms with Gasteiger partial charge in [0.15, 0.2) is 0 Å². The number of hydrogen-bond acceptors (Lipinski definition) is 6. The van der Waals surface area contributed by atoms with Crippen LogP contribution in [0.4, 0.5) is 5.69 Å². The van der Waals surface area contributed by atoms with Crippen molar-refractivity contribution in [2.75, 3.05) is 29.6 Å². The average Bonchev–Trinajstić information content (AvgIpc) is 2.36. The van der Waals surface area contributed by atoms with Gasteiger partial charge in [-0.3, -0.25) is 4.72 Å². The predicted molar refractivity (Wildman–Crippen MR) is 78.0 cm³/mol. The van der Waals surface area contributed by atoms with Crippen LogP contribution in [0.5, 0.6) is 5.75 Å². The van der Waals surface area contributed by atoms with E-state index in [0.717, 1.165) is 6.26 Å². The van der Waals surface area contributed by atoms with Crippen LogP contribution in [0.25, 0.3) is 0 Å². The number of rotatable bonds is 7. The van der Waals surface area contributed by atoms with Crippen molar-refractivity contribution in [3.63, 3.8) is 0 Å². The Balaban J connectivity index is 3.03. The molecule has 0 aliphatic carbocycles. The fourth-order valence-corrected chi connectivity index (χ4v) is 4.23. The molecule has 0 unspecified atom stereocenters. The first kappa shape index (κ1) is 16.7. The highest BCUT2D eigenvalue weighted by molar-refractivity contribution is 7.95. The zero-order valence-corrected chi connectivity index (χ0v) is 12.9. The molecular weight excluding hydrogens is 304 g/mol. The summed E-state index contributed by atoms with van der Waals surface area (Å²) < 4.78 is 53.3. The maximum atomic E-state index is 11.9. The van der Waals surface area contributed by atoms with Crippen LogP contribution in [0, 0.1) is 0 Å². The zero-order chi connectivity index (χ0) is 15.4. The number of nitrogens with one attached hydrogen (secondary N) is 1. The quantitative estimate of drug-likeness (QED) is 0.726. The Bertz CT molecular complexity index is 646. The van der Waals surface area contributed by atoms with E-state index in [2.05, 4.69) is 4.72 Å². The number of sulfone groups is 1. The number of nitrogens with two attached hydrogens (primary N) is 1. The molecule has 3 N–H and O–H groups in total. The van der Waals surface area contributed by atoms with Crippen LogP contribution in [0.15, 0.2) is 18.2 Å². The van der Waals surface area contributed by atoms with E-state index in [-0.39, 0.29) is 12.2 Å². The largest absolute Gasteiger partial charge is 0.495 e. The Kier molecular flexibility index (Phi) is 5.37. The standard InChI is InChI=1S/C11H18N2O5S2/c1-18-10-5-3-4-9(8-12)11(10)13-20(16,17)7-6-19(2,14)15/h3-5,13H,6-8,12H2,1-2H3. The minimum Gasteiger partial charge on any atom is -0.495 e. The van der Waals surface area contributed by atoms with Crippen LogP contribution >= 0.6 is 0 Å². The van der Waals surface area contributed by atoms with Crippen LogP contribution in [0.3, 0.4) is 0 Å². The summed E-state index contributed by atoms with van der Waals surface area (Å²) in [6.07, 6.45) is 0.983. The number of anilines is 1. The summed E-state index contributed by atoms with van der Waals surface area (Å²) in [4.78, 5) is 0. The second kappa shape index (κ2) is 6.42. The highest BCUT2D eigenvalue weighted by Gasteiger charge is 2.18. The van der Waals surface area contributed by atoms with Gasteiger partial charge in [0, 0.05) is 12.8 Å². The number of hydrogen-bond donors (Lipinski definition) is 2. The summed E-state index contributed by atoms with van der Waals surface area (Å²) in [7, 11) is -5.75. The van der Waals surface area contributed by atoms with Gasteiger partial charge in [0.25, 0.3) is 0 Å². The SMILES string of the molecule is COc1cccc(CN)c1NS(=O)(=O)CCS(C)(=O)=O. The highest BCUT2D eigenvalue weighted by Crippen LogP contribution is 2.29. The van der Waals surface area contributed by atoms with E-state index in [1.54, 1.807) is 18.2 Å². The van der Waals surface area contributed by atoms with Gasteiger partial charge < -0.3 is 10.5 Å². The van der Waals surface area contributed by atoms with E-state index >= 15 is 0 Å². The lowest BCUT2D eigenvalue weighted by Crippen LogP contribution is -2.23. The molecule has 114 valence electrons. The minimum atomic E-state index is -3.80. The molecule has 0 amide bonds. The summed E-state index contributed by atoms with van der Waals surface area (Å²) in [5.74, 6) is -0.639. The number of methoxy groups -OCH3 is 1. The van der Waals surface area contributed by atoms with E-state index in [4.69, 9.17) is 10.5 Å². The molecule has 0 bridgehead atoms. The molecule has 0 aromatic heterocycles. The molecule has 0 spiro atoms. The van der Waals surface area contributed by atoms with E-state index in [0.29, 0.717) is 11.3 Å². The van der Waals surface area contributed by atoms with Crippen LogP contribution < -0.4 is 15.2 Å². The lowest BCUT2D eigenvalue weighted by molar-refractivity contribution is 0.416. The van der Waals surface area contributed by atoms with Gasteiger partial charge >= 0.3 is 0 Å². The second-order valence-corrected chi connectivity index (χ2v) is 8.35. The van der Waals surface area contributed by atoms with E-state index in [1.165, 1.54) is 7.11 Å². The number of sulfonamides is 1. The van der Waals surface area contributed by atoms with Crippen molar-refractivity contribution >= 4 is 25.5 Å². The number of para-hydroxylation sites is 1. The molecule has 1 aromatic rings. The molecule has 0 saturated heterocycles.